The second-order valence-corrected chi connectivity index (χ2v) is 4.63. The first-order chi connectivity index (χ1) is 9.18. The molecule has 19 heavy (non-hydrogen) atoms. The largest absolute Gasteiger partial charge is 0.294 e. The van der Waals surface area contributed by atoms with Gasteiger partial charge in [-0.2, -0.15) is 5.10 Å². The van der Waals surface area contributed by atoms with Gasteiger partial charge in [-0.1, -0.05) is 36.4 Å². The minimum Gasteiger partial charge on any atom is -0.294 e. The second kappa shape index (κ2) is 4.35. The second-order valence-electron chi connectivity index (χ2n) is 4.63. The lowest BCUT2D eigenvalue weighted by Gasteiger charge is -2.00. The monoisotopic (exact) mass is 250 g/mol. The first kappa shape index (κ1) is 11.7. The molecule has 0 unspecified atom stereocenters. The molecule has 0 saturated carbocycles. The van der Waals surface area contributed by atoms with Crippen LogP contribution in [0.1, 0.15) is 22.8 Å². The van der Waals surface area contributed by atoms with Gasteiger partial charge in [-0.15, -0.1) is 0 Å². The van der Waals surface area contributed by atoms with Crippen LogP contribution >= 0.6 is 0 Å². The standard InChI is InChI=1S/C16H14N2O/c1-11-7-6-10-18-16(11)14(12(2)19)15(17-18)13-8-4-3-5-9-13/h3-10H,1-2H3. The Morgan fingerprint density at radius 1 is 1.11 bits per heavy atom. The number of carbonyl (C=O) groups is 1. The number of carbonyl (C=O) groups excluding carboxylic acids is 1. The van der Waals surface area contributed by atoms with Gasteiger partial charge in [-0.3, -0.25) is 4.79 Å². The van der Waals surface area contributed by atoms with Gasteiger partial charge in [0.25, 0.3) is 0 Å². The summed E-state index contributed by atoms with van der Waals surface area (Å²) in [5.74, 6) is 0.0446. The van der Waals surface area contributed by atoms with Crippen molar-refractivity contribution in [2.45, 2.75) is 13.8 Å². The van der Waals surface area contributed by atoms with Crippen molar-refractivity contribution < 1.29 is 4.79 Å². The summed E-state index contributed by atoms with van der Waals surface area (Å²) in [4.78, 5) is 12.0. The summed E-state index contributed by atoms with van der Waals surface area (Å²) in [7, 11) is 0. The van der Waals surface area contributed by atoms with E-state index in [1.54, 1.807) is 11.4 Å². The zero-order chi connectivity index (χ0) is 13.4. The maximum absolute atomic E-state index is 12.0. The summed E-state index contributed by atoms with van der Waals surface area (Å²) in [5.41, 5.74) is 4.37. The number of Topliss-reactive ketones (excluding diaryl/α,β-unsaturated/α-hetero) is 1. The number of hydrogen-bond donors (Lipinski definition) is 0. The molecule has 0 aliphatic heterocycles. The third kappa shape index (κ3) is 1.83. The lowest BCUT2D eigenvalue weighted by atomic mass is 10.0. The van der Waals surface area contributed by atoms with Crippen LogP contribution in [-0.2, 0) is 0 Å². The van der Waals surface area contributed by atoms with Gasteiger partial charge in [0.05, 0.1) is 11.1 Å². The molecule has 94 valence electrons. The van der Waals surface area contributed by atoms with Crippen LogP contribution in [0.4, 0.5) is 0 Å². The van der Waals surface area contributed by atoms with Gasteiger partial charge in [-0.05, 0) is 25.5 Å². The molecular formula is C16H14N2O. The van der Waals surface area contributed by atoms with Crippen LogP contribution in [0.3, 0.4) is 0 Å². The lowest BCUT2D eigenvalue weighted by Crippen LogP contribution is -1.95. The van der Waals surface area contributed by atoms with Crippen LogP contribution in [0.25, 0.3) is 16.8 Å². The van der Waals surface area contributed by atoms with E-state index in [-0.39, 0.29) is 5.78 Å². The first-order valence-corrected chi connectivity index (χ1v) is 6.23. The number of hydrogen-bond acceptors (Lipinski definition) is 2. The maximum atomic E-state index is 12.0. The molecule has 0 saturated heterocycles. The molecule has 3 aromatic rings. The molecule has 1 aromatic carbocycles. The topological polar surface area (TPSA) is 34.4 Å². The van der Waals surface area contributed by atoms with E-state index in [0.717, 1.165) is 22.3 Å². The third-order valence-electron chi connectivity index (χ3n) is 3.26. The highest BCUT2D eigenvalue weighted by atomic mass is 16.1. The average molecular weight is 250 g/mol. The molecule has 0 atom stereocenters. The van der Waals surface area contributed by atoms with Crippen molar-refractivity contribution in [3.05, 3.63) is 59.8 Å². The summed E-state index contributed by atoms with van der Waals surface area (Å²) >= 11 is 0. The van der Waals surface area contributed by atoms with Gasteiger partial charge in [0.2, 0.25) is 0 Å². The van der Waals surface area contributed by atoms with Crippen molar-refractivity contribution in [3.8, 4) is 11.3 Å². The van der Waals surface area contributed by atoms with Gasteiger partial charge in [-0.25, -0.2) is 4.52 Å². The van der Waals surface area contributed by atoms with Crippen LogP contribution < -0.4 is 0 Å². The van der Waals surface area contributed by atoms with Crippen molar-refractivity contribution in [2.75, 3.05) is 0 Å². The van der Waals surface area contributed by atoms with E-state index >= 15 is 0 Å². The predicted octanol–water partition coefficient (Wildman–Crippen LogP) is 3.51. The Morgan fingerprint density at radius 2 is 1.84 bits per heavy atom. The average Bonchev–Trinajstić information content (AvgIpc) is 2.81. The Kier molecular flexibility index (Phi) is 2.67. The maximum Gasteiger partial charge on any atom is 0.164 e. The highest BCUT2D eigenvalue weighted by molar-refractivity contribution is 6.07. The fourth-order valence-electron chi connectivity index (χ4n) is 2.40. The smallest absolute Gasteiger partial charge is 0.164 e. The van der Waals surface area contributed by atoms with E-state index in [4.69, 9.17) is 0 Å². The van der Waals surface area contributed by atoms with Crippen molar-refractivity contribution in [1.82, 2.24) is 9.61 Å². The molecule has 0 bridgehead atoms. The van der Waals surface area contributed by atoms with Gasteiger partial charge in [0.15, 0.2) is 5.78 Å². The Hall–Kier alpha value is -2.42. The molecule has 0 spiro atoms. The molecule has 0 aliphatic carbocycles. The normalized spacial score (nSPS) is 10.8. The minimum absolute atomic E-state index is 0.0446. The third-order valence-corrected chi connectivity index (χ3v) is 3.26. The molecule has 2 aromatic heterocycles. The van der Waals surface area contributed by atoms with E-state index in [2.05, 4.69) is 5.10 Å². The van der Waals surface area contributed by atoms with Crippen molar-refractivity contribution in [3.63, 3.8) is 0 Å². The van der Waals surface area contributed by atoms with Crippen LogP contribution in [0.5, 0.6) is 0 Å². The quantitative estimate of drug-likeness (QED) is 0.652. The summed E-state index contributed by atoms with van der Waals surface area (Å²) in [5, 5.41) is 4.56. The predicted molar refractivity (Wildman–Crippen MR) is 75.4 cm³/mol. The Balaban J connectivity index is 2.40. The van der Waals surface area contributed by atoms with Crippen molar-refractivity contribution in [2.24, 2.45) is 0 Å². The van der Waals surface area contributed by atoms with Crippen molar-refractivity contribution >= 4 is 11.3 Å². The van der Waals surface area contributed by atoms with Gasteiger partial charge in [0.1, 0.15) is 5.69 Å². The number of nitrogens with zero attached hydrogens (tertiary/aromatic N) is 2. The molecular weight excluding hydrogens is 236 g/mol. The van der Waals surface area contributed by atoms with Crippen LogP contribution in [0, 0.1) is 6.92 Å². The summed E-state index contributed by atoms with van der Waals surface area (Å²) in [6.45, 7) is 3.59. The highest BCUT2D eigenvalue weighted by Crippen LogP contribution is 2.28. The number of ketones is 1. The zero-order valence-corrected chi connectivity index (χ0v) is 10.9. The fraction of sp³-hybridized carbons (Fsp3) is 0.125. The molecule has 0 amide bonds. The van der Waals surface area contributed by atoms with E-state index in [9.17, 15) is 4.79 Å². The molecule has 3 heteroatoms. The van der Waals surface area contributed by atoms with Crippen LogP contribution in [-0.4, -0.2) is 15.4 Å². The Labute approximate surface area is 111 Å². The number of rotatable bonds is 2. The van der Waals surface area contributed by atoms with Crippen LogP contribution in [0.2, 0.25) is 0 Å². The van der Waals surface area contributed by atoms with E-state index in [0.29, 0.717) is 5.56 Å². The SMILES string of the molecule is CC(=O)c1c(-c2ccccc2)nn2cccc(C)c12. The molecule has 0 radical (unpaired) electrons. The summed E-state index contributed by atoms with van der Waals surface area (Å²) in [6.07, 6.45) is 1.88. The van der Waals surface area contributed by atoms with Gasteiger partial charge < -0.3 is 0 Å². The van der Waals surface area contributed by atoms with Crippen molar-refractivity contribution in [1.29, 1.82) is 0 Å². The fourth-order valence-corrected chi connectivity index (χ4v) is 2.40. The zero-order valence-electron chi connectivity index (χ0n) is 10.9. The highest BCUT2D eigenvalue weighted by Gasteiger charge is 2.18. The molecule has 3 rings (SSSR count). The molecule has 3 nitrogen and oxygen atoms in total. The lowest BCUT2D eigenvalue weighted by molar-refractivity contribution is 0.102. The number of pyridine rings is 1. The number of aromatic nitrogens is 2. The van der Waals surface area contributed by atoms with E-state index in [1.807, 2.05) is 55.6 Å². The number of aryl methyl sites for hydroxylation is 1. The summed E-state index contributed by atoms with van der Waals surface area (Å²) < 4.78 is 1.79. The molecule has 0 fully saturated rings. The minimum atomic E-state index is 0.0446. The number of benzene rings is 1. The van der Waals surface area contributed by atoms with Crippen LogP contribution in [0.15, 0.2) is 48.7 Å². The molecule has 0 N–H and O–H groups in total. The Bertz CT molecular complexity index is 757. The molecule has 2 heterocycles. The van der Waals surface area contributed by atoms with Gasteiger partial charge >= 0.3 is 0 Å². The van der Waals surface area contributed by atoms with Gasteiger partial charge in [0, 0.05) is 11.8 Å². The first-order valence-electron chi connectivity index (χ1n) is 6.23. The molecule has 0 aliphatic rings. The number of fused-ring (bicyclic) bond motifs is 1. The van der Waals surface area contributed by atoms with E-state index in [1.165, 1.54) is 0 Å². The van der Waals surface area contributed by atoms with E-state index < -0.39 is 0 Å². The Morgan fingerprint density at radius 3 is 2.53 bits per heavy atom. The summed E-state index contributed by atoms with van der Waals surface area (Å²) in [6, 6.07) is 13.8.